The van der Waals surface area contributed by atoms with Crippen LogP contribution in [0.5, 0.6) is 11.5 Å². The van der Waals surface area contributed by atoms with E-state index in [-0.39, 0.29) is 28.8 Å². The zero-order valence-corrected chi connectivity index (χ0v) is 26.5. The first kappa shape index (κ1) is 36.2. The third-order valence-corrected chi connectivity index (χ3v) is 9.53. The highest BCUT2D eigenvalue weighted by Crippen LogP contribution is 2.40. The number of benzene rings is 3. The Hall–Kier alpha value is -3.67. The van der Waals surface area contributed by atoms with Crippen LogP contribution in [0, 0.1) is 5.82 Å². The molecule has 5 rings (SSSR count). The number of aliphatic carboxylic acids is 1. The molecular formula is C30H28BrF6N3O6S. The Kier molecular flexibility index (Phi) is 10.9. The fourth-order valence-electron chi connectivity index (χ4n) is 5.40. The molecule has 3 aromatic carbocycles. The fraction of sp³-hybridized carbons (Fsp3) is 0.333. The van der Waals surface area contributed by atoms with E-state index in [1.54, 1.807) is 0 Å². The Bertz CT molecular complexity index is 1660. The molecule has 2 aliphatic rings. The van der Waals surface area contributed by atoms with Gasteiger partial charge in [0.25, 0.3) is 5.92 Å². The quantitative estimate of drug-likeness (QED) is 0.243. The van der Waals surface area contributed by atoms with E-state index >= 15 is 8.78 Å². The predicted molar refractivity (Wildman–Crippen MR) is 160 cm³/mol. The Morgan fingerprint density at radius 3 is 1.83 bits per heavy atom. The van der Waals surface area contributed by atoms with Gasteiger partial charge in [0.15, 0.2) is 6.04 Å². The smallest absolute Gasteiger partial charge is 0.475 e. The SMILES string of the molecule is NC1CC2CCC(C1)N2C(=O)C(NS(=O)(=O)c1ccc(Oc2ccc(F)cc2)cc1)C(F)(F)c1ccc(Br)cc1.O=C(O)C(F)(F)F. The number of sulfonamides is 1. The van der Waals surface area contributed by atoms with E-state index in [0.29, 0.717) is 35.9 Å². The van der Waals surface area contributed by atoms with Gasteiger partial charge in [-0.3, -0.25) is 4.79 Å². The minimum absolute atomic E-state index is 0.140. The van der Waals surface area contributed by atoms with Crippen molar-refractivity contribution < 1.29 is 54.2 Å². The number of fused-ring (bicyclic) bond motifs is 2. The highest BCUT2D eigenvalue weighted by molar-refractivity contribution is 9.10. The van der Waals surface area contributed by atoms with Gasteiger partial charge in [-0.2, -0.15) is 26.7 Å². The highest BCUT2D eigenvalue weighted by atomic mass is 79.9. The van der Waals surface area contributed by atoms with Gasteiger partial charge in [0.05, 0.1) is 4.90 Å². The molecule has 4 N–H and O–H groups in total. The van der Waals surface area contributed by atoms with Crippen molar-refractivity contribution in [2.75, 3.05) is 0 Å². The number of ether oxygens (including phenoxy) is 1. The van der Waals surface area contributed by atoms with Crippen LogP contribution in [-0.2, 0) is 25.5 Å². The predicted octanol–water partition coefficient (Wildman–Crippen LogP) is 5.93. The zero-order valence-electron chi connectivity index (χ0n) is 24.1. The van der Waals surface area contributed by atoms with Gasteiger partial charge in [0.2, 0.25) is 15.9 Å². The van der Waals surface area contributed by atoms with Crippen LogP contribution < -0.4 is 15.2 Å². The number of carboxylic acid groups (broad SMARTS) is 1. The molecule has 17 heteroatoms. The number of hydrogen-bond acceptors (Lipinski definition) is 6. The lowest BCUT2D eigenvalue weighted by Crippen LogP contribution is -2.60. The second-order valence-electron chi connectivity index (χ2n) is 10.9. The van der Waals surface area contributed by atoms with E-state index in [0.717, 1.165) is 12.1 Å². The van der Waals surface area contributed by atoms with Crippen molar-refractivity contribution in [3.05, 3.63) is 88.6 Å². The minimum atomic E-state index is -5.08. The maximum atomic E-state index is 16.0. The van der Waals surface area contributed by atoms with Crippen molar-refractivity contribution in [3.8, 4) is 11.5 Å². The van der Waals surface area contributed by atoms with Crippen molar-refractivity contribution in [1.29, 1.82) is 0 Å². The van der Waals surface area contributed by atoms with Crippen molar-refractivity contribution in [3.63, 3.8) is 0 Å². The molecule has 3 atom stereocenters. The number of hydrogen-bond donors (Lipinski definition) is 3. The van der Waals surface area contributed by atoms with E-state index in [1.807, 2.05) is 4.72 Å². The number of nitrogens with zero attached hydrogens (tertiary/aromatic N) is 1. The molecule has 2 fully saturated rings. The summed E-state index contributed by atoms with van der Waals surface area (Å²) in [6.45, 7) is 0. The number of carbonyl (C=O) groups excluding carboxylic acids is 1. The van der Waals surface area contributed by atoms with Crippen molar-refractivity contribution in [2.45, 2.75) is 66.8 Å². The number of nitrogens with one attached hydrogen (secondary N) is 1. The van der Waals surface area contributed by atoms with Crippen LogP contribution in [0.3, 0.4) is 0 Å². The van der Waals surface area contributed by atoms with Crippen molar-refractivity contribution in [2.24, 2.45) is 5.73 Å². The number of nitrogens with two attached hydrogens (primary N) is 1. The van der Waals surface area contributed by atoms with Crippen LogP contribution in [0.25, 0.3) is 0 Å². The average Bonchev–Trinajstić information content (AvgIpc) is 3.27. The summed E-state index contributed by atoms with van der Waals surface area (Å²) in [5.74, 6) is -7.47. The van der Waals surface area contributed by atoms with E-state index in [9.17, 15) is 30.8 Å². The molecular weight excluding hydrogens is 724 g/mol. The molecule has 2 saturated heterocycles. The van der Waals surface area contributed by atoms with Gasteiger partial charge < -0.3 is 20.5 Å². The molecule has 3 aromatic rings. The summed E-state index contributed by atoms with van der Waals surface area (Å²) >= 11 is 3.21. The summed E-state index contributed by atoms with van der Waals surface area (Å²) in [4.78, 5) is 23.7. The van der Waals surface area contributed by atoms with Gasteiger partial charge in [0.1, 0.15) is 17.3 Å². The largest absolute Gasteiger partial charge is 0.490 e. The maximum absolute atomic E-state index is 16.0. The number of halogens is 7. The minimum Gasteiger partial charge on any atom is -0.475 e. The Morgan fingerprint density at radius 1 is 0.894 bits per heavy atom. The Labute approximate surface area is 273 Å². The first-order valence-corrected chi connectivity index (χ1v) is 16.2. The standard InChI is InChI=1S/C28H27BrF3N3O4S.C2HF3O2/c29-18-3-1-17(2-4-18)28(31,32)26(27(36)35-21-7-8-22(35)16-20(33)15-21)34-40(37,38)25-13-11-24(12-14-25)39-23-9-5-19(30)6-10-23;3-2(4,5)1(6)7/h1-6,9-14,20-22,26,34H,7-8,15-16,33H2;(H,6,7). The molecule has 47 heavy (non-hydrogen) atoms. The van der Waals surface area contributed by atoms with Crippen molar-refractivity contribution >= 4 is 37.8 Å². The van der Waals surface area contributed by atoms with Crippen molar-refractivity contribution in [1.82, 2.24) is 9.62 Å². The van der Waals surface area contributed by atoms with Crippen LogP contribution in [-0.4, -0.2) is 60.6 Å². The number of carboxylic acids is 1. The summed E-state index contributed by atoms with van der Waals surface area (Å²) in [5.41, 5.74) is 5.60. The number of rotatable bonds is 8. The molecule has 1 amide bonds. The average molecular weight is 753 g/mol. The molecule has 9 nitrogen and oxygen atoms in total. The summed E-state index contributed by atoms with van der Waals surface area (Å²) in [6.07, 6.45) is -2.88. The molecule has 2 aliphatic heterocycles. The summed E-state index contributed by atoms with van der Waals surface area (Å²) in [5, 5.41) is 7.12. The van der Waals surface area contributed by atoms with Gasteiger partial charge in [0, 0.05) is 28.2 Å². The molecule has 254 valence electrons. The highest BCUT2D eigenvalue weighted by Gasteiger charge is 2.53. The Morgan fingerprint density at radius 2 is 1.36 bits per heavy atom. The first-order chi connectivity index (χ1) is 21.9. The van der Waals surface area contributed by atoms with Crippen LogP contribution >= 0.6 is 15.9 Å². The lowest BCUT2D eigenvalue weighted by Gasteiger charge is -2.41. The number of alkyl halides is 5. The van der Waals surface area contributed by atoms with Gasteiger partial charge >= 0.3 is 12.1 Å². The van der Waals surface area contributed by atoms with Gasteiger partial charge in [-0.15, -0.1) is 0 Å². The van der Waals surface area contributed by atoms with Crippen LogP contribution in [0.1, 0.15) is 31.2 Å². The lowest BCUT2D eigenvalue weighted by atomic mass is 9.95. The third kappa shape index (κ3) is 8.82. The van der Waals surface area contributed by atoms with Crippen LogP contribution in [0.15, 0.2) is 82.2 Å². The molecule has 3 unspecified atom stereocenters. The molecule has 2 heterocycles. The van der Waals surface area contributed by atoms with E-state index in [2.05, 4.69) is 15.9 Å². The number of piperidine rings is 1. The molecule has 0 spiro atoms. The normalized spacial score (nSPS) is 20.2. The van der Waals surface area contributed by atoms with E-state index in [4.69, 9.17) is 20.4 Å². The van der Waals surface area contributed by atoms with Gasteiger partial charge in [-0.25, -0.2) is 17.6 Å². The molecule has 0 radical (unpaired) electrons. The Balaban J connectivity index is 0.000000644. The van der Waals surface area contributed by atoms with E-state index < -0.39 is 51.4 Å². The number of carbonyl (C=O) groups is 2. The summed E-state index contributed by atoms with van der Waals surface area (Å²) in [6, 6.07) is 12.2. The first-order valence-electron chi connectivity index (χ1n) is 14.0. The molecule has 0 aromatic heterocycles. The van der Waals surface area contributed by atoms with Gasteiger partial charge in [-0.1, -0.05) is 28.1 Å². The number of amides is 1. The topological polar surface area (TPSA) is 139 Å². The fourth-order valence-corrected chi connectivity index (χ4v) is 6.85. The maximum Gasteiger partial charge on any atom is 0.490 e. The zero-order chi connectivity index (χ0) is 34.7. The second kappa shape index (κ2) is 14.2. The molecule has 0 saturated carbocycles. The summed E-state index contributed by atoms with van der Waals surface area (Å²) < 4.78 is 112. The second-order valence-corrected chi connectivity index (χ2v) is 13.5. The van der Waals surface area contributed by atoms with E-state index in [1.165, 1.54) is 65.6 Å². The van der Waals surface area contributed by atoms with Crippen LogP contribution in [0.2, 0.25) is 0 Å². The third-order valence-electron chi connectivity index (χ3n) is 7.56. The lowest BCUT2D eigenvalue weighted by molar-refractivity contribution is -0.192. The van der Waals surface area contributed by atoms with Crippen LogP contribution in [0.4, 0.5) is 26.3 Å². The molecule has 0 aliphatic carbocycles. The monoisotopic (exact) mass is 751 g/mol. The molecule has 2 bridgehead atoms. The summed E-state index contributed by atoms with van der Waals surface area (Å²) in [7, 11) is -4.58. The van der Waals surface area contributed by atoms with Gasteiger partial charge in [-0.05, 0) is 86.3 Å².